The van der Waals surface area contributed by atoms with Gasteiger partial charge in [-0.15, -0.1) is 0 Å². The molecule has 0 radical (unpaired) electrons. The SMILES string of the molecule is CC(C)=CCCC1(O)CC2CCC(C1)N2. The Labute approximate surface area is 92.8 Å². The van der Waals surface area contributed by atoms with E-state index in [1.54, 1.807) is 0 Å². The van der Waals surface area contributed by atoms with Crippen molar-refractivity contribution in [1.29, 1.82) is 0 Å². The zero-order chi connectivity index (χ0) is 10.9. The van der Waals surface area contributed by atoms with E-state index in [0.717, 1.165) is 25.7 Å². The first kappa shape index (κ1) is 11.2. The zero-order valence-electron chi connectivity index (χ0n) is 9.92. The Kier molecular flexibility index (Phi) is 3.17. The van der Waals surface area contributed by atoms with Crippen LogP contribution in [0.2, 0.25) is 0 Å². The summed E-state index contributed by atoms with van der Waals surface area (Å²) < 4.78 is 0. The molecule has 0 aliphatic carbocycles. The molecule has 0 aromatic carbocycles. The van der Waals surface area contributed by atoms with Gasteiger partial charge in [0.25, 0.3) is 0 Å². The molecule has 2 rings (SSSR count). The Morgan fingerprint density at radius 1 is 1.33 bits per heavy atom. The van der Waals surface area contributed by atoms with E-state index in [4.69, 9.17) is 0 Å². The Morgan fingerprint density at radius 2 is 1.93 bits per heavy atom. The van der Waals surface area contributed by atoms with Crippen LogP contribution >= 0.6 is 0 Å². The van der Waals surface area contributed by atoms with Gasteiger partial charge in [-0.2, -0.15) is 0 Å². The minimum atomic E-state index is -0.386. The van der Waals surface area contributed by atoms with Crippen LogP contribution in [0.3, 0.4) is 0 Å². The van der Waals surface area contributed by atoms with Crippen LogP contribution in [0.1, 0.15) is 52.4 Å². The van der Waals surface area contributed by atoms with Gasteiger partial charge in [0.15, 0.2) is 0 Å². The Bertz CT molecular complexity index is 243. The molecule has 86 valence electrons. The van der Waals surface area contributed by atoms with Crippen LogP contribution in [0.4, 0.5) is 0 Å². The van der Waals surface area contributed by atoms with Gasteiger partial charge < -0.3 is 10.4 Å². The predicted molar refractivity (Wildman–Crippen MR) is 62.8 cm³/mol. The summed E-state index contributed by atoms with van der Waals surface area (Å²) >= 11 is 0. The van der Waals surface area contributed by atoms with Crippen molar-refractivity contribution in [2.45, 2.75) is 70.1 Å². The molecule has 2 saturated heterocycles. The highest BCUT2D eigenvalue weighted by Gasteiger charge is 2.41. The highest BCUT2D eigenvalue weighted by molar-refractivity contribution is 5.01. The Balaban J connectivity index is 1.87. The minimum absolute atomic E-state index is 0.386. The van der Waals surface area contributed by atoms with Crippen LogP contribution in [0.25, 0.3) is 0 Å². The molecule has 2 aliphatic heterocycles. The summed E-state index contributed by atoms with van der Waals surface area (Å²) in [5, 5.41) is 14.1. The molecule has 2 heteroatoms. The number of nitrogens with one attached hydrogen (secondary N) is 1. The summed E-state index contributed by atoms with van der Waals surface area (Å²) in [5.41, 5.74) is 0.971. The summed E-state index contributed by atoms with van der Waals surface area (Å²) in [6.45, 7) is 4.24. The Morgan fingerprint density at radius 3 is 2.47 bits per heavy atom. The summed E-state index contributed by atoms with van der Waals surface area (Å²) in [6.07, 6.45) is 8.64. The average molecular weight is 209 g/mol. The molecule has 0 aromatic heterocycles. The summed E-state index contributed by atoms with van der Waals surface area (Å²) in [7, 11) is 0. The van der Waals surface area contributed by atoms with Gasteiger partial charge in [-0.05, 0) is 52.4 Å². The first-order chi connectivity index (χ1) is 7.07. The average Bonchev–Trinajstić information content (AvgIpc) is 2.45. The monoisotopic (exact) mass is 209 g/mol. The first-order valence-corrected chi connectivity index (χ1v) is 6.19. The number of rotatable bonds is 3. The summed E-state index contributed by atoms with van der Waals surface area (Å²) in [4.78, 5) is 0. The minimum Gasteiger partial charge on any atom is -0.390 e. The molecule has 0 spiro atoms. The van der Waals surface area contributed by atoms with Crippen molar-refractivity contribution < 1.29 is 5.11 Å². The fourth-order valence-electron chi connectivity index (χ4n) is 3.06. The molecular formula is C13H23NO. The van der Waals surface area contributed by atoms with Crippen LogP contribution < -0.4 is 5.32 Å². The molecule has 2 heterocycles. The van der Waals surface area contributed by atoms with Gasteiger partial charge in [0, 0.05) is 12.1 Å². The van der Waals surface area contributed by atoms with Gasteiger partial charge in [0.2, 0.25) is 0 Å². The first-order valence-electron chi connectivity index (χ1n) is 6.19. The third-order valence-electron chi connectivity index (χ3n) is 3.75. The lowest BCUT2D eigenvalue weighted by molar-refractivity contribution is -0.0131. The molecule has 0 saturated carbocycles. The van der Waals surface area contributed by atoms with Crippen molar-refractivity contribution >= 4 is 0 Å². The van der Waals surface area contributed by atoms with Crippen LogP contribution in [-0.2, 0) is 0 Å². The van der Waals surface area contributed by atoms with Gasteiger partial charge in [0.1, 0.15) is 0 Å². The molecule has 2 nitrogen and oxygen atoms in total. The van der Waals surface area contributed by atoms with E-state index in [2.05, 4.69) is 25.2 Å². The van der Waals surface area contributed by atoms with Crippen molar-refractivity contribution in [3.8, 4) is 0 Å². The van der Waals surface area contributed by atoms with Crippen molar-refractivity contribution in [3.63, 3.8) is 0 Å². The standard InChI is InChI=1S/C13H23NO/c1-10(2)4-3-7-13(15)8-11-5-6-12(9-13)14-11/h4,11-12,14-15H,3,5-9H2,1-2H3. The maximum absolute atomic E-state index is 10.5. The molecule has 2 unspecified atom stereocenters. The van der Waals surface area contributed by atoms with Crippen LogP contribution in [0.15, 0.2) is 11.6 Å². The van der Waals surface area contributed by atoms with E-state index in [9.17, 15) is 5.11 Å². The quantitative estimate of drug-likeness (QED) is 0.699. The third kappa shape index (κ3) is 2.82. The lowest BCUT2D eigenvalue weighted by atomic mass is 9.83. The molecule has 2 bridgehead atoms. The fraction of sp³-hybridized carbons (Fsp3) is 0.846. The van der Waals surface area contributed by atoms with Crippen LogP contribution in [-0.4, -0.2) is 22.8 Å². The largest absolute Gasteiger partial charge is 0.390 e. The van der Waals surface area contributed by atoms with Crippen molar-refractivity contribution in [3.05, 3.63) is 11.6 Å². The van der Waals surface area contributed by atoms with Gasteiger partial charge >= 0.3 is 0 Å². The second kappa shape index (κ2) is 4.26. The van der Waals surface area contributed by atoms with E-state index in [0.29, 0.717) is 12.1 Å². The summed E-state index contributed by atoms with van der Waals surface area (Å²) in [6, 6.07) is 1.17. The van der Waals surface area contributed by atoms with E-state index < -0.39 is 0 Å². The highest BCUT2D eigenvalue weighted by Crippen LogP contribution is 2.36. The van der Waals surface area contributed by atoms with Crippen LogP contribution in [0.5, 0.6) is 0 Å². The second-order valence-corrected chi connectivity index (χ2v) is 5.59. The number of allylic oxidation sites excluding steroid dienone is 2. The topological polar surface area (TPSA) is 32.3 Å². The van der Waals surface area contributed by atoms with Gasteiger partial charge in [-0.1, -0.05) is 11.6 Å². The molecular weight excluding hydrogens is 186 g/mol. The molecule has 2 aliphatic rings. The lowest BCUT2D eigenvalue weighted by Gasteiger charge is -2.37. The maximum Gasteiger partial charge on any atom is 0.0680 e. The van der Waals surface area contributed by atoms with Gasteiger partial charge in [-0.25, -0.2) is 0 Å². The molecule has 2 N–H and O–H groups in total. The van der Waals surface area contributed by atoms with Crippen molar-refractivity contribution in [2.24, 2.45) is 0 Å². The van der Waals surface area contributed by atoms with E-state index in [-0.39, 0.29) is 5.60 Å². The number of fused-ring (bicyclic) bond motifs is 2. The summed E-state index contributed by atoms with van der Waals surface area (Å²) in [5.74, 6) is 0. The number of hydrogen-bond acceptors (Lipinski definition) is 2. The van der Waals surface area contributed by atoms with E-state index >= 15 is 0 Å². The second-order valence-electron chi connectivity index (χ2n) is 5.59. The molecule has 2 atom stereocenters. The van der Waals surface area contributed by atoms with Crippen LogP contribution in [0, 0.1) is 0 Å². The molecule has 0 aromatic rings. The molecule has 2 fully saturated rings. The molecule has 0 amide bonds. The number of aliphatic hydroxyl groups is 1. The van der Waals surface area contributed by atoms with E-state index in [1.165, 1.54) is 18.4 Å². The molecule has 15 heavy (non-hydrogen) atoms. The van der Waals surface area contributed by atoms with Gasteiger partial charge in [0.05, 0.1) is 5.60 Å². The number of piperidine rings is 1. The lowest BCUT2D eigenvalue weighted by Crippen LogP contribution is -2.48. The zero-order valence-corrected chi connectivity index (χ0v) is 9.92. The predicted octanol–water partition coefficient (Wildman–Crippen LogP) is 2.38. The normalized spacial score (nSPS) is 39.1. The van der Waals surface area contributed by atoms with Crippen molar-refractivity contribution in [2.75, 3.05) is 0 Å². The van der Waals surface area contributed by atoms with Gasteiger partial charge in [-0.3, -0.25) is 0 Å². The third-order valence-corrected chi connectivity index (χ3v) is 3.75. The fourth-order valence-corrected chi connectivity index (χ4v) is 3.06. The Hall–Kier alpha value is -0.340. The number of hydrogen-bond donors (Lipinski definition) is 2. The van der Waals surface area contributed by atoms with Crippen molar-refractivity contribution in [1.82, 2.24) is 5.32 Å². The smallest absolute Gasteiger partial charge is 0.0680 e. The maximum atomic E-state index is 10.5. The highest BCUT2D eigenvalue weighted by atomic mass is 16.3. The van der Waals surface area contributed by atoms with E-state index in [1.807, 2.05) is 0 Å².